The van der Waals surface area contributed by atoms with E-state index in [1.54, 1.807) is 0 Å². The van der Waals surface area contributed by atoms with Gasteiger partial charge in [-0.3, -0.25) is 4.79 Å². The number of nitrogens with zero attached hydrogens (tertiary/aromatic N) is 1. The third-order valence-electron chi connectivity index (χ3n) is 2.08. The quantitative estimate of drug-likeness (QED) is 0.827. The van der Waals surface area contributed by atoms with Crippen LogP contribution in [-0.4, -0.2) is 18.1 Å². The molecular weight excluding hydrogens is 228 g/mol. The van der Waals surface area contributed by atoms with Crippen LogP contribution in [0.2, 0.25) is 0 Å². The molecule has 96 valence electrons. The first-order valence-electron chi connectivity index (χ1n) is 5.82. The van der Waals surface area contributed by atoms with E-state index in [0.717, 1.165) is 11.3 Å². The number of ether oxygens (including phenoxy) is 1. The average Bonchev–Trinajstić information content (AvgIpc) is 2.27. The van der Waals surface area contributed by atoms with Crippen LogP contribution in [0.5, 0.6) is 5.75 Å². The molecule has 1 amide bonds. The minimum Gasteiger partial charge on any atom is -0.488 e. The lowest BCUT2D eigenvalue weighted by atomic mass is 10.1. The van der Waals surface area contributed by atoms with Crippen molar-refractivity contribution in [2.45, 2.75) is 32.8 Å². The molecule has 1 aromatic carbocycles. The van der Waals surface area contributed by atoms with Crippen molar-refractivity contribution in [2.75, 3.05) is 6.54 Å². The van der Waals surface area contributed by atoms with E-state index < -0.39 is 0 Å². The summed E-state index contributed by atoms with van der Waals surface area (Å²) >= 11 is 0. The van der Waals surface area contributed by atoms with Gasteiger partial charge in [0, 0.05) is 0 Å². The van der Waals surface area contributed by atoms with Crippen molar-refractivity contribution < 1.29 is 9.53 Å². The fourth-order valence-corrected chi connectivity index (χ4v) is 1.41. The zero-order valence-electron chi connectivity index (χ0n) is 11.0. The SMILES string of the molecule is CC(C)(C)Oc1ccc(CC(=O)NCC#N)cc1. The Morgan fingerprint density at radius 3 is 2.44 bits per heavy atom. The van der Waals surface area contributed by atoms with Gasteiger partial charge in [0.1, 0.15) is 17.9 Å². The predicted molar refractivity (Wildman–Crippen MR) is 69.1 cm³/mol. The zero-order valence-corrected chi connectivity index (χ0v) is 11.0. The number of hydrogen-bond acceptors (Lipinski definition) is 3. The highest BCUT2D eigenvalue weighted by Crippen LogP contribution is 2.18. The smallest absolute Gasteiger partial charge is 0.225 e. The number of carbonyl (C=O) groups excluding carboxylic acids is 1. The van der Waals surface area contributed by atoms with E-state index in [0.29, 0.717) is 0 Å². The lowest BCUT2D eigenvalue weighted by Gasteiger charge is -2.21. The summed E-state index contributed by atoms with van der Waals surface area (Å²) in [5.74, 6) is 0.629. The molecule has 0 aliphatic carbocycles. The number of benzene rings is 1. The molecule has 0 saturated carbocycles. The van der Waals surface area contributed by atoms with E-state index in [1.807, 2.05) is 51.1 Å². The van der Waals surface area contributed by atoms with Gasteiger partial charge in [0.15, 0.2) is 0 Å². The molecule has 1 rings (SSSR count). The van der Waals surface area contributed by atoms with Crippen molar-refractivity contribution in [3.8, 4) is 11.8 Å². The number of rotatable bonds is 4. The molecule has 0 bridgehead atoms. The van der Waals surface area contributed by atoms with Crippen molar-refractivity contribution >= 4 is 5.91 Å². The van der Waals surface area contributed by atoms with Gasteiger partial charge in [-0.2, -0.15) is 5.26 Å². The van der Waals surface area contributed by atoms with Gasteiger partial charge >= 0.3 is 0 Å². The number of carbonyl (C=O) groups is 1. The summed E-state index contributed by atoms with van der Waals surface area (Å²) in [5, 5.41) is 10.8. The van der Waals surface area contributed by atoms with Crippen molar-refractivity contribution in [3.05, 3.63) is 29.8 Å². The molecule has 1 N–H and O–H groups in total. The molecule has 0 aliphatic heterocycles. The molecule has 0 spiro atoms. The summed E-state index contributed by atoms with van der Waals surface area (Å²) in [6, 6.07) is 9.27. The highest BCUT2D eigenvalue weighted by molar-refractivity contribution is 5.78. The molecule has 4 nitrogen and oxygen atoms in total. The minimum absolute atomic E-state index is 0.0457. The van der Waals surface area contributed by atoms with E-state index in [9.17, 15) is 4.79 Å². The number of hydrogen-bond donors (Lipinski definition) is 1. The molecule has 0 aliphatic rings. The molecular formula is C14H18N2O2. The maximum atomic E-state index is 11.4. The normalized spacial score (nSPS) is 10.6. The van der Waals surface area contributed by atoms with Crippen LogP contribution in [0.15, 0.2) is 24.3 Å². The van der Waals surface area contributed by atoms with Gasteiger partial charge in [0.2, 0.25) is 5.91 Å². The number of nitriles is 1. The Hall–Kier alpha value is -2.02. The van der Waals surface area contributed by atoms with Crippen molar-refractivity contribution in [2.24, 2.45) is 0 Å². The first-order chi connectivity index (χ1) is 8.40. The third-order valence-corrected chi connectivity index (χ3v) is 2.08. The van der Waals surface area contributed by atoms with Crippen LogP contribution >= 0.6 is 0 Å². The Kier molecular flexibility index (Phi) is 4.73. The number of nitrogens with one attached hydrogen (secondary N) is 1. The summed E-state index contributed by atoms with van der Waals surface area (Å²) < 4.78 is 5.68. The van der Waals surface area contributed by atoms with Crippen LogP contribution in [0.1, 0.15) is 26.3 Å². The summed E-state index contributed by atoms with van der Waals surface area (Å²) in [5.41, 5.74) is 0.665. The Morgan fingerprint density at radius 2 is 1.94 bits per heavy atom. The Balaban J connectivity index is 2.56. The van der Waals surface area contributed by atoms with E-state index in [-0.39, 0.29) is 24.5 Å². The van der Waals surface area contributed by atoms with E-state index in [4.69, 9.17) is 10.00 Å². The van der Waals surface area contributed by atoms with Crippen LogP contribution in [0.3, 0.4) is 0 Å². The second-order valence-corrected chi connectivity index (χ2v) is 4.97. The van der Waals surface area contributed by atoms with Gasteiger partial charge < -0.3 is 10.1 Å². The monoisotopic (exact) mass is 246 g/mol. The number of amides is 1. The lowest BCUT2D eigenvalue weighted by Crippen LogP contribution is -2.25. The average molecular weight is 246 g/mol. The highest BCUT2D eigenvalue weighted by atomic mass is 16.5. The molecule has 0 atom stereocenters. The van der Waals surface area contributed by atoms with Gasteiger partial charge in [-0.25, -0.2) is 0 Å². The second kappa shape index (κ2) is 6.06. The third kappa shape index (κ3) is 5.35. The van der Waals surface area contributed by atoms with Crippen molar-refractivity contribution in [1.29, 1.82) is 5.26 Å². The minimum atomic E-state index is -0.230. The first kappa shape index (κ1) is 14.0. The van der Waals surface area contributed by atoms with Gasteiger partial charge in [-0.1, -0.05) is 12.1 Å². The van der Waals surface area contributed by atoms with Crippen molar-refractivity contribution in [3.63, 3.8) is 0 Å². The van der Waals surface area contributed by atoms with Gasteiger partial charge in [-0.05, 0) is 38.5 Å². The molecule has 0 unspecified atom stereocenters. The molecule has 4 heteroatoms. The summed E-state index contributed by atoms with van der Waals surface area (Å²) in [4.78, 5) is 11.4. The molecule has 0 radical (unpaired) electrons. The fraction of sp³-hybridized carbons (Fsp3) is 0.429. The zero-order chi connectivity index (χ0) is 13.6. The van der Waals surface area contributed by atoms with Gasteiger partial charge in [-0.15, -0.1) is 0 Å². The van der Waals surface area contributed by atoms with Crippen LogP contribution in [0.25, 0.3) is 0 Å². The molecule has 0 aromatic heterocycles. The predicted octanol–water partition coefficient (Wildman–Crippen LogP) is 2.05. The maximum absolute atomic E-state index is 11.4. The summed E-state index contributed by atoms with van der Waals surface area (Å²) in [6.07, 6.45) is 0.275. The molecule has 18 heavy (non-hydrogen) atoms. The van der Waals surface area contributed by atoms with E-state index in [1.165, 1.54) is 0 Å². The highest BCUT2D eigenvalue weighted by Gasteiger charge is 2.11. The Morgan fingerprint density at radius 1 is 1.33 bits per heavy atom. The van der Waals surface area contributed by atoms with E-state index in [2.05, 4.69) is 5.32 Å². The van der Waals surface area contributed by atoms with Gasteiger partial charge in [0.05, 0.1) is 12.5 Å². The Labute approximate surface area is 108 Å². The molecule has 0 heterocycles. The topological polar surface area (TPSA) is 62.1 Å². The van der Waals surface area contributed by atoms with Crippen LogP contribution in [0.4, 0.5) is 0 Å². The molecule has 1 aromatic rings. The van der Waals surface area contributed by atoms with Crippen molar-refractivity contribution in [1.82, 2.24) is 5.32 Å². The lowest BCUT2D eigenvalue weighted by molar-refractivity contribution is -0.120. The van der Waals surface area contributed by atoms with Crippen LogP contribution < -0.4 is 10.1 Å². The largest absolute Gasteiger partial charge is 0.488 e. The summed E-state index contributed by atoms with van der Waals surface area (Å²) in [6.45, 7) is 5.99. The molecule has 0 saturated heterocycles. The van der Waals surface area contributed by atoms with Crippen LogP contribution in [0, 0.1) is 11.3 Å². The second-order valence-electron chi connectivity index (χ2n) is 4.97. The maximum Gasteiger partial charge on any atom is 0.225 e. The fourth-order valence-electron chi connectivity index (χ4n) is 1.41. The molecule has 0 fully saturated rings. The van der Waals surface area contributed by atoms with Gasteiger partial charge in [0.25, 0.3) is 0 Å². The Bertz CT molecular complexity index is 438. The first-order valence-corrected chi connectivity index (χ1v) is 5.82. The van der Waals surface area contributed by atoms with E-state index >= 15 is 0 Å². The van der Waals surface area contributed by atoms with Crippen LogP contribution in [-0.2, 0) is 11.2 Å². The summed E-state index contributed by atoms with van der Waals surface area (Å²) in [7, 11) is 0. The standard InChI is InChI=1S/C14H18N2O2/c1-14(2,3)18-12-6-4-11(5-7-12)10-13(17)16-9-8-15/h4-7H,9-10H2,1-3H3,(H,16,17).